The molecule has 0 bridgehead atoms. The van der Waals surface area contributed by atoms with E-state index in [9.17, 15) is 9.59 Å². The maximum atomic E-state index is 13.6. The lowest BCUT2D eigenvalue weighted by Gasteiger charge is -2.32. The van der Waals surface area contributed by atoms with Crippen LogP contribution in [-0.2, 0) is 22.7 Å². The second-order valence-corrected chi connectivity index (χ2v) is 11.2. The highest BCUT2D eigenvalue weighted by Gasteiger charge is 2.27. The van der Waals surface area contributed by atoms with Crippen molar-refractivity contribution in [3.05, 3.63) is 88.4 Å². The highest BCUT2D eigenvalue weighted by atomic mass is 35.5. The fourth-order valence-electron chi connectivity index (χ4n) is 4.92. The van der Waals surface area contributed by atoms with Crippen molar-refractivity contribution in [3.63, 3.8) is 0 Å². The van der Waals surface area contributed by atoms with Gasteiger partial charge in [0.25, 0.3) is 5.91 Å². The number of likely N-dealkylation sites (N-methyl/N-ethyl adjacent to an activating group) is 1. The van der Waals surface area contributed by atoms with Gasteiger partial charge in [-0.15, -0.1) is 0 Å². The molecule has 3 aromatic rings. The van der Waals surface area contributed by atoms with Gasteiger partial charge in [-0.25, -0.2) is 5.01 Å². The van der Waals surface area contributed by atoms with E-state index in [1.54, 1.807) is 5.01 Å². The molecule has 1 aliphatic rings. The number of halogens is 1. The highest BCUT2D eigenvalue weighted by molar-refractivity contribution is 6.30. The Bertz CT molecular complexity index is 1270. The quantitative estimate of drug-likeness (QED) is 0.264. The van der Waals surface area contributed by atoms with Gasteiger partial charge in [0.15, 0.2) is 0 Å². The van der Waals surface area contributed by atoms with Crippen molar-refractivity contribution in [2.45, 2.75) is 54.1 Å². The van der Waals surface area contributed by atoms with Gasteiger partial charge in [-0.1, -0.05) is 81.4 Å². The lowest BCUT2D eigenvalue weighted by Crippen LogP contribution is -2.48. The van der Waals surface area contributed by atoms with Gasteiger partial charge in [0, 0.05) is 37.4 Å². The Kier molecular flexibility index (Phi) is 11.2. The predicted octanol–water partition coefficient (Wildman–Crippen LogP) is 6.70. The first-order valence-corrected chi connectivity index (χ1v) is 14.1. The summed E-state index contributed by atoms with van der Waals surface area (Å²) in [6.45, 7) is 8.59. The van der Waals surface area contributed by atoms with E-state index in [2.05, 4.69) is 43.4 Å². The minimum absolute atomic E-state index is 0. The van der Waals surface area contributed by atoms with Crippen LogP contribution in [0.2, 0.25) is 5.02 Å². The van der Waals surface area contributed by atoms with Crippen molar-refractivity contribution >= 4 is 29.1 Å². The molecule has 0 spiro atoms. The summed E-state index contributed by atoms with van der Waals surface area (Å²) in [5.41, 5.74) is 6.38. The average Bonchev–Trinajstić information content (AvgIpc) is 3.35. The molecule has 0 aliphatic carbocycles. The van der Waals surface area contributed by atoms with E-state index in [1.165, 1.54) is 11.1 Å². The topological polar surface area (TPSA) is 55.9 Å². The standard InChI is InChI=1S/C32H39ClN4O2.CH4/c1-23(2)8-7-17-34-31(38)21-36(22-32(39)35(4)37-19-27-9-5-6-10-28(27)20-37)30-18-26(12-11-24(30)3)25-13-15-29(33)16-14-25;/h5-6,9-16,18,23H,7-8,17,19-22H2,1-4H3,(H,34,38);1H4. The molecule has 1 aliphatic heterocycles. The zero-order chi connectivity index (χ0) is 27.9. The zero-order valence-corrected chi connectivity index (χ0v) is 24.2. The summed E-state index contributed by atoms with van der Waals surface area (Å²) >= 11 is 6.10. The maximum Gasteiger partial charge on any atom is 0.256 e. The van der Waals surface area contributed by atoms with Crippen molar-refractivity contribution in [2.75, 3.05) is 31.6 Å². The van der Waals surface area contributed by atoms with Crippen molar-refractivity contribution in [1.29, 1.82) is 0 Å². The number of aryl methyl sites for hydroxylation is 1. The average molecular weight is 563 g/mol. The Balaban J connectivity index is 0.00000441. The Hall–Kier alpha value is -3.35. The smallest absolute Gasteiger partial charge is 0.256 e. The number of amides is 2. The number of carbonyl (C=O) groups excluding carboxylic acids is 2. The number of fused-ring (bicyclic) bond motifs is 1. The molecule has 3 aromatic carbocycles. The molecule has 2 amide bonds. The number of nitrogens with zero attached hydrogens (tertiary/aromatic N) is 3. The van der Waals surface area contributed by atoms with Gasteiger partial charge in [0.05, 0.1) is 13.1 Å². The van der Waals surface area contributed by atoms with Crippen LogP contribution < -0.4 is 10.2 Å². The third kappa shape index (κ3) is 8.09. The van der Waals surface area contributed by atoms with Gasteiger partial charge in [0.1, 0.15) is 0 Å². The van der Waals surface area contributed by atoms with Gasteiger partial charge < -0.3 is 10.2 Å². The van der Waals surface area contributed by atoms with Crippen molar-refractivity contribution in [3.8, 4) is 11.1 Å². The van der Waals surface area contributed by atoms with Crippen LogP contribution in [0.4, 0.5) is 5.69 Å². The monoisotopic (exact) mass is 562 g/mol. The highest BCUT2D eigenvalue weighted by Crippen LogP contribution is 2.29. The minimum Gasteiger partial charge on any atom is -0.355 e. The minimum atomic E-state index is -0.0842. The van der Waals surface area contributed by atoms with Crippen molar-refractivity contribution in [1.82, 2.24) is 15.3 Å². The van der Waals surface area contributed by atoms with Crippen LogP contribution in [0.3, 0.4) is 0 Å². The molecule has 0 radical (unpaired) electrons. The number of rotatable bonds is 11. The Morgan fingerprint density at radius 1 is 0.950 bits per heavy atom. The normalized spacial score (nSPS) is 12.6. The van der Waals surface area contributed by atoms with E-state index < -0.39 is 0 Å². The fourth-order valence-corrected chi connectivity index (χ4v) is 5.04. The van der Waals surface area contributed by atoms with Crippen LogP contribution in [0.15, 0.2) is 66.7 Å². The largest absolute Gasteiger partial charge is 0.355 e. The molecule has 0 aromatic heterocycles. The first kappa shape index (κ1) is 31.2. The molecule has 0 unspecified atom stereocenters. The van der Waals surface area contributed by atoms with E-state index in [4.69, 9.17) is 11.6 Å². The summed E-state index contributed by atoms with van der Waals surface area (Å²) in [4.78, 5) is 28.5. The Morgan fingerprint density at radius 2 is 1.57 bits per heavy atom. The predicted molar refractivity (Wildman–Crippen MR) is 166 cm³/mol. The summed E-state index contributed by atoms with van der Waals surface area (Å²) in [5, 5.41) is 7.48. The molecule has 0 fully saturated rings. The van der Waals surface area contributed by atoms with Crippen LogP contribution >= 0.6 is 11.6 Å². The number of carbonyl (C=O) groups is 2. The first-order chi connectivity index (χ1) is 18.7. The molecule has 6 nitrogen and oxygen atoms in total. The van der Waals surface area contributed by atoms with Gasteiger partial charge in [-0.3, -0.25) is 14.6 Å². The number of hydrogen-bond acceptors (Lipinski definition) is 4. The second kappa shape index (κ2) is 14.3. The lowest BCUT2D eigenvalue weighted by molar-refractivity contribution is -0.145. The maximum absolute atomic E-state index is 13.6. The molecule has 40 heavy (non-hydrogen) atoms. The van der Waals surface area contributed by atoms with Crippen molar-refractivity contribution < 1.29 is 9.59 Å². The summed E-state index contributed by atoms with van der Waals surface area (Å²) in [6, 6.07) is 22.1. The van der Waals surface area contributed by atoms with Crippen LogP contribution in [0, 0.1) is 12.8 Å². The van der Waals surface area contributed by atoms with E-state index in [0.717, 1.165) is 35.2 Å². The number of benzene rings is 3. The van der Waals surface area contributed by atoms with Crippen LogP contribution in [-0.4, -0.2) is 48.5 Å². The third-order valence-corrected chi connectivity index (χ3v) is 7.53. The van der Waals surface area contributed by atoms with Gasteiger partial charge in [-0.2, -0.15) is 0 Å². The second-order valence-electron chi connectivity index (χ2n) is 10.8. The summed E-state index contributed by atoms with van der Waals surface area (Å²) in [7, 11) is 1.81. The Morgan fingerprint density at radius 3 is 2.20 bits per heavy atom. The van der Waals surface area contributed by atoms with E-state index in [-0.39, 0.29) is 32.3 Å². The lowest BCUT2D eigenvalue weighted by atomic mass is 10.0. The molecule has 4 rings (SSSR count). The van der Waals surface area contributed by atoms with Gasteiger partial charge in [0.2, 0.25) is 5.91 Å². The number of hydrogen-bond donors (Lipinski definition) is 1. The zero-order valence-electron chi connectivity index (χ0n) is 23.4. The summed E-state index contributed by atoms with van der Waals surface area (Å²) < 4.78 is 0. The van der Waals surface area contributed by atoms with Crippen molar-refractivity contribution in [2.24, 2.45) is 5.92 Å². The van der Waals surface area contributed by atoms with Crippen LogP contribution in [0.25, 0.3) is 11.1 Å². The number of anilines is 1. The molecule has 0 saturated heterocycles. The summed E-state index contributed by atoms with van der Waals surface area (Å²) in [5.74, 6) is 0.451. The number of hydrazine groups is 1. The first-order valence-electron chi connectivity index (χ1n) is 13.7. The number of nitrogens with one attached hydrogen (secondary N) is 1. The SMILES string of the molecule is C.Cc1ccc(-c2ccc(Cl)cc2)cc1N(CC(=O)NCCCC(C)C)CC(=O)N(C)N1Cc2ccccc2C1. The Labute approximate surface area is 244 Å². The molecule has 1 heterocycles. The third-order valence-electron chi connectivity index (χ3n) is 7.28. The van der Waals surface area contributed by atoms with E-state index in [1.807, 2.05) is 66.3 Å². The molecule has 0 saturated carbocycles. The molecule has 0 atom stereocenters. The van der Waals surface area contributed by atoms with Crippen LogP contribution in [0.5, 0.6) is 0 Å². The summed E-state index contributed by atoms with van der Waals surface area (Å²) in [6.07, 6.45) is 2.00. The fraction of sp³-hybridized carbons (Fsp3) is 0.394. The van der Waals surface area contributed by atoms with Gasteiger partial charge in [-0.05, 0) is 71.7 Å². The van der Waals surface area contributed by atoms with Gasteiger partial charge >= 0.3 is 0 Å². The molecular weight excluding hydrogens is 520 g/mol. The molecule has 7 heteroatoms. The van der Waals surface area contributed by atoms with Crippen LogP contribution in [0.1, 0.15) is 50.8 Å². The van der Waals surface area contributed by atoms with E-state index in [0.29, 0.717) is 30.6 Å². The molecule has 214 valence electrons. The molecular formula is C33H43ClN4O2. The molecule has 1 N–H and O–H groups in total. The van der Waals surface area contributed by atoms with E-state index >= 15 is 0 Å².